The average Bonchev–Trinajstić information content (AvgIpc) is 2.45. The van der Waals surface area contributed by atoms with Crippen molar-refractivity contribution in [3.63, 3.8) is 0 Å². The third-order valence-electron chi connectivity index (χ3n) is 2.71. The van der Waals surface area contributed by atoms with Gasteiger partial charge in [-0.1, -0.05) is 30.3 Å². The summed E-state index contributed by atoms with van der Waals surface area (Å²) in [7, 11) is 0. The third-order valence-corrected chi connectivity index (χ3v) is 2.71. The third kappa shape index (κ3) is 2.92. The number of aromatic nitrogens is 1. The number of nitrogen functional groups attached to an aromatic ring is 1. The van der Waals surface area contributed by atoms with Crippen LogP contribution < -0.4 is 11.1 Å². The predicted molar refractivity (Wildman–Crippen MR) is 72.9 cm³/mol. The SMILES string of the molecule is Nc1cccnc1C(=O)NC(C(=O)O)c1ccccc1. The van der Waals surface area contributed by atoms with Crippen LogP contribution in [0.3, 0.4) is 0 Å². The summed E-state index contributed by atoms with van der Waals surface area (Å²) in [5, 5.41) is 11.6. The van der Waals surface area contributed by atoms with Gasteiger partial charge in [0, 0.05) is 6.20 Å². The largest absolute Gasteiger partial charge is 0.479 e. The van der Waals surface area contributed by atoms with Gasteiger partial charge in [-0.2, -0.15) is 0 Å². The first-order chi connectivity index (χ1) is 9.59. The summed E-state index contributed by atoms with van der Waals surface area (Å²) in [6.45, 7) is 0. The number of amides is 1. The normalized spacial score (nSPS) is 11.6. The standard InChI is InChI=1S/C14H13N3O3/c15-10-7-4-8-16-12(10)13(18)17-11(14(19)20)9-5-2-1-3-6-9/h1-8,11H,15H2,(H,17,18)(H,19,20). The van der Waals surface area contributed by atoms with Crippen molar-refractivity contribution in [3.05, 3.63) is 59.9 Å². The van der Waals surface area contributed by atoms with E-state index in [1.165, 1.54) is 12.3 Å². The lowest BCUT2D eigenvalue weighted by atomic mass is 10.1. The number of pyridine rings is 1. The minimum atomic E-state index is -1.15. The van der Waals surface area contributed by atoms with Crippen LogP contribution in [0.4, 0.5) is 5.69 Å². The second-order valence-corrected chi connectivity index (χ2v) is 4.10. The zero-order valence-corrected chi connectivity index (χ0v) is 10.5. The van der Waals surface area contributed by atoms with E-state index in [2.05, 4.69) is 10.3 Å². The molecule has 0 aliphatic rings. The number of carboxylic acids is 1. The van der Waals surface area contributed by atoms with Crippen LogP contribution in [0.15, 0.2) is 48.7 Å². The number of nitrogens with one attached hydrogen (secondary N) is 1. The molecule has 0 saturated heterocycles. The number of anilines is 1. The molecule has 20 heavy (non-hydrogen) atoms. The molecule has 6 heteroatoms. The van der Waals surface area contributed by atoms with E-state index >= 15 is 0 Å². The highest BCUT2D eigenvalue weighted by molar-refractivity contribution is 5.99. The summed E-state index contributed by atoms with van der Waals surface area (Å²) in [5.74, 6) is -1.78. The van der Waals surface area contributed by atoms with Crippen LogP contribution in [0.25, 0.3) is 0 Å². The van der Waals surface area contributed by atoms with E-state index in [0.29, 0.717) is 5.56 Å². The van der Waals surface area contributed by atoms with Crippen LogP contribution in [0, 0.1) is 0 Å². The first-order valence-corrected chi connectivity index (χ1v) is 5.88. The molecule has 2 aromatic rings. The lowest BCUT2D eigenvalue weighted by molar-refractivity contribution is -0.139. The number of nitrogens with two attached hydrogens (primary N) is 1. The number of carbonyl (C=O) groups excluding carboxylic acids is 1. The molecular formula is C14H13N3O3. The molecule has 0 aliphatic heterocycles. The van der Waals surface area contributed by atoms with Gasteiger partial charge in [-0.25, -0.2) is 9.78 Å². The van der Waals surface area contributed by atoms with Crippen LogP contribution in [0.5, 0.6) is 0 Å². The zero-order valence-electron chi connectivity index (χ0n) is 10.5. The molecule has 6 nitrogen and oxygen atoms in total. The Morgan fingerprint density at radius 1 is 1.15 bits per heavy atom. The molecule has 1 amide bonds. The van der Waals surface area contributed by atoms with Gasteiger partial charge in [0.25, 0.3) is 5.91 Å². The molecule has 2 rings (SSSR count). The zero-order chi connectivity index (χ0) is 14.5. The number of carbonyl (C=O) groups is 2. The molecule has 1 unspecified atom stereocenters. The van der Waals surface area contributed by atoms with Gasteiger partial charge < -0.3 is 16.2 Å². The van der Waals surface area contributed by atoms with Gasteiger partial charge in [0.15, 0.2) is 11.7 Å². The van der Waals surface area contributed by atoms with E-state index in [1.807, 2.05) is 0 Å². The van der Waals surface area contributed by atoms with Crippen LogP contribution in [0.1, 0.15) is 22.1 Å². The van der Waals surface area contributed by atoms with Crippen LogP contribution in [0.2, 0.25) is 0 Å². The quantitative estimate of drug-likeness (QED) is 0.775. The van der Waals surface area contributed by atoms with E-state index in [1.54, 1.807) is 36.4 Å². The highest BCUT2D eigenvalue weighted by atomic mass is 16.4. The fourth-order valence-corrected chi connectivity index (χ4v) is 1.74. The Hall–Kier alpha value is -2.89. The first kappa shape index (κ1) is 13.5. The Morgan fingerprint density at radius 3 is 2.45 bits per heavy atom. The Labute approximate surface area is 115 Å². The molecule has 102 valence electrons. The molecule has 1 aromatic heterocycles. The van der Waals surface area contributed by atoms with Crippen molar-refractivity contribution in [2.45, 2.75) is 6.04 Å². The summed E-state index contributed by atoms with van der Waals surface area (Å²) in [4.78, 5) is 27.2. The minimum Gasteiger partial charge on any atom is -0.479 e. The van der Waals surface area contributed by atoms with Crippen molar-refractivity contribution in [3.8, 4) is 0 Å². The number of nitrogens with zero attached hydrogens (tertiary/aromatic N) is 1. The molecule has 1 heterocycles. The lowest BCUT2D eigenvalue weighted by Crippen LogP contribution is -2.34. The number of aliphatic carboxylic acids is 1. The van der Waals surface area contributed by atoms with Gasteiger partial charge in [-0.05, 0) is 17.7 Å². The number of hydrogen-bond acceptors (Lipinski definition) is 4. The van der Waals surface area contributed by atoms with Crippen LogP contribution >= 0.6 is 0 Å². The Morgan fingerprint density at radius 2 is 1.85 bits per heavy atom. The van der Waals surface area contributed by atoms with E-state index in [9.17, 15) is 14.7 Å². The molecule has 0 spiro atoms. The van der Waals surface area contributed by atoms with Crippen molar-refractivity contribution in [2.24, 2.45) is 0 Å². The molecule has 0 saturated carbocycles. The molecular weight excluding hydrogens is 258 g/mol. The van der Waals surface area contributed by atoms with E-state index < -0.39 is 17.9 Å². The molecule has 0 aliphatic carbocycles. The average molecular weight is 271 g/mol. The summed E-state index contributed by atoms with van der Waals surface area (Å²) in [6.07, 6.45) is 1.42. The van der Waals surface area contributed by atoms with Gasteiger partial charge in [0.1, 0.15) is 0 Å². The van der Waals surface area contributed by atoms with Crippen LogP contribution in [-0.2, 0) is 4.79 Å². The number of benzene rings is 1. The van der Waals surface area contributed by atoms with Gasteiger partial charge in [0.05, 0.1) is 5.69 Å². The van der Waals surface area contributed by atoms with Gasteiger partial charge >= 0.3 is 5.97 Å². The number of carboxylic acid groups (broad SMARTS) is 1. The summed E-state index contributed by atoms with van der Waals surface area (Å²) >= 11 is 0. The summed E-state index contributed by atoms with van der Waals surface area (Å²) < 4.78 is 0. The maximum atomic E-state index is 12.0. The fraction of sp³-hybridized carbons (Fsp3) is 0.0714. The minimum absolute atomic E-state index is 0.00896. The van der Waals surface area contributed by atoms with E-state index in [4.69, 9.17) is 5.73 Å². The monoisotopic (exact) mass is 271 g/mol. The van der Waals surface area contributed by atoms with Gasteiger partial charge in [-0.3, -0.25) is 4.79 Å². The predicted octanol–water partition coefficient (Wildman–Crippen LogP) is 1.22. The second kappa shape index (κ2) is 5.83. The van der Waals surface area contributed by atoms with Gasteiger partial charge in [0.2, 0.25) is 0 Å². The smallest absolute Gasteiger partial charge is 0.330 e. The number of rotatable bonds is 4. The number of hydrogen-bond donors (Lipinski definition) is 3. The van der Waals surface area contributed by atoms with Crippen molar-refractivity contribution in [1.29, 1.82) is 0 Å². The first-order valence-electron chi connectivity index (χ1n) is 5.88. The lowest BCUT2D eigenvalue weighted by Gasteiger charge is -2.15. The van der Waals surface area contributed by atoms with E-state index in [0.717, 1.165) is 0 Å². The maximum Gasteiger partial charge on any atom is 0.330 e. The molecule has 0 radical (unpaired) electrons. The molecule has 1 aromatic carbocycles. The van der Waals surface area contributed by atoms with Crippen molar-refractivity contribution >= 4 is 17.6 Å². The van der Waals surface area contributed by atoms with Crippen molar-refractivity contribution < 1.29 is 14.7 Å². The van der Waals surface area contributed by atoms with Gasteiger partial charge in [-0.15, -0.1) is 0 Å². The topological polar surface area (TPSA) is 105 Å². The summed E-state index contributed by atoms with van der Waals surface area (Å²) in [5.41, 5.74) is 6.32. The highest BCUT2D eigenvalue weighted by Crippen LogP contribution is 2.15. The highest BCUT2D eigenvalue weighted by Gasteiger charge is 2.23. The molecule has 4 N–H and O–H groups in total. The Balaban J connectivity index is 2.24. The maximum absolute atomic E-state index is 12.0. The molecule has 0 fully saturated rings. The Bertz CT molecular complexity index is 629. The fourth-order valence-electron chi connectivity index (χ4n) is 1.74. The van der Waals surface area contributed by atoms with Crippen molar-refractivity contribution in [2.75, 3.05) is 5.73 Å². The Kier molecular flexibility index (Phi) is 3.95. The van der Waals surface area contributed by atoms with E-state index in [-0.39, 0.29) is 11.4 Å². The summed E-state index contributed by atoms with van der Waals surface area (Å²) in [6, 6.07) is 10.4. The molecule has 1 atom stereocenters. The van der Waals surface area contributed by atoms with Crippen molar-refractivity contribution in [1.82, 2.24) is 10.3 Å². The molecule has 0 bridgehead atoms. The second-order valence-electron chi connectivity index (χ2n) is 4.10. The van der Waals surface area contributed by atoms with Crippen LogP contribution in [-0.4, -0.2) is 22.0 Å².